The predicted octanol–water partition coefficient (Wildman–Crippen LogP) is 2.78. The number of amides is 1. The Kier molecular flexibility index (Phi) is 3.13. The van der Waals surface area contributed by atoms with Crippen LogP contribution in [0.4, 0.5) is 0 Å². The molecule has 4 rings (SSSR count). The second-order valence-electron chi connectivity index (χ2n) is 6.16. The first-order valence-electron chi connectivity index (χ1n) is 7.95. The first-order valence-corrected chi connectivity index (χ1v) is 7.95. The SMILES string of the molecule is O=C(c1cnc2c(cnn2C2CCCC2)c1)N1CCCC1. The van der Waals surface area contributed by atoms with E-state index in [0.29, 0.717) is 11.6 Å². The summed E-state index contributed by atoms with van der Waals surface area (Å²) in [5.74, 6) is 0.107. The van der Waals surface area contributed by atoms with Crippen molar-refractivity contribution < 1.29 is 4.79 Å². The Morgan fingerprint density at radius 3 is 2.62 bits per heavy atom. The number of carbonyl (C=O) groups is 1. The number of pyridine rings is 1. The van der Waals surface area contributed by atoms with Crippen molar-refractivity contribution >= 4 is 16.9 Å². The molecular formula is C16H20N4O. The van der Waals surface area contributed by atoms with E-state index in [1.54, 1.807) is 6.20 Å². The molecule has 2 fully saturated rings. The molecule has 0 aromatic carbocycles. The molecule has 1 saturated carbocycles. The van der Waals surface area contributed by atoms with E-state index in [9.17, 15) is 4.79 Å². The fraction of sp³-hybridized carbons (Fsp3) is 0.562. The van der Waals surface area contributed by atoms with Gasteiger partial charge in [0.25, 0.3) is 5.91 Å². The molecule has 1 aliphatic heterocycles. The van der Waals surface area contributed by atoms with E-state index in [1.165, 1.54) is 25.7 Å². The Hall–Kier alpha value is -1.91. The average Bonchev–Trinajstić information content (AvgIpc) is 3.24. The van der Waals surface area contributed by atoms with E-state index < -0.39 is 0 Å². The molecule has 0 spiro atoms. The Morgan fingerprint density at radius 1 is 1.10 bits per heavy atom. The summed E-state index contributed by atoms with van der Waals surface area (Å²) in [6, 6.07) is 2.43. The van der Waals surface area contributed by atoms with Gasteiger partial charge in [0.15, 0.2) is 5.65 Å². The molecule has 110 valence electrons. The third kappa shape index (κ3) is 2.20. The third-order valence-corrected chi connectivity index (χ3v) is 4.74. The Morgan fingerprint density at radius 2 is 1.86 bits per heavy atom. The van der Waals surface area contributed by atoms with Gasteiger partial charge in [0.05, 0.1) is 17.8 Å². The summed E-state index contributed by atoms with van der Waals surface area (Å²) in [5, 5.41) is 5.48. The van der Waals surface area contributed by atoms with Crippen LogP contribution in [0.25, 0.3) is 11.0 Å². The number of hydrogen-bond acceptors (Lipinski definition) is 3. The van der Waals surface area contributed by atoms with Crippen molar-refractivity contribution in [2.24, 2.45) is 0 Å². The third-order valence-electron chi connectivity index (χ3n) is 4.74. The minimum Gasteiger partial charge on any atom is -0.339 e. The number of fused-ring (bicyclic) bond motifs is 1. The maximum absolute atomic E-state index is 12.4. The van der Waals surface area contributed by atoms with Gasteiger partial charge < -0.3 is 4.90 Å². The molecule has 21 heavy (non-hydrogen) atoms. The molecule has 1 amide bonds. The van der Waals surface area contributed by atoms with E-state index in [2.05, 4.69) is 10.1 Å². The standard InChI is InChI=1S/C16H20N4O/c21-16(19-7-3-4-8-19)13-9-12-11-18-20(15(12)17-10-13)14-5-1-2-6-14/h9-11,14H,1-8H2. The summed E-state index contributed by atoms with van der Waals surface area (Å²) in [5.41, 5.74) is 1.61. The normalized spacial score (nSPS) is 19.7. The first-order chi connectivity index (χ1) is 10.3. The zero-order chi connectivity index (χ0) is 14.2. The first kappa shape index (κ1) is 12.8. The highest BCUT2D eigenvalue weighted by Gasteiger charge is 2.22. The van der Waals surface area contributed by atoms with Gasteiger partial charge in [0.1, 0.15) is 0 Å². The van der Waals surface area contributed by atoms with Crippen molar-refractivity contribution in [3.63, 3.8) is 0 Å². The van der Waals surface area contributed by atoms with Crippen LogP contribution in [-0.2, 0) is 0 Å². The lowest BCUT2D eigenvalue weighted by atomic mass is 10.2. The Balaban J connectivity index is 1.66. The van der Waals surface area contributed by atoms with Crippen molar-refractivity contribution in [3.05, 3.63) is 24.0 Å². The molecule has 3 heterocycles. The zero-order valence-corrected chi connectivity index (χ0v) is 12.2. The quantitative estimate of drug-likeness (QED) is 0.852. The lowest BCUT2D eigenvalue weighted by Crippen LogP contribution is -2.27. The second-order valence-corrected chi connectivity index (χ2v) is 6.16. The van der Waals surface area contributed by atoms with Crippen LogP contribution in [-0.4, -0.2) is 38.7 Å². The van der Waals surface area contributed by atoms with Crippen molar-refractivity contribution in [1.82, 2.24) is 19.7 Å². The summed E-state index contributed by atoms with van der Waals surface area (Å²) in [6.45, 7) is 1.75. The molecule has 5 heteroatoms. The second kappa shape index (κ2) is 5.13. The van der Waals surface area contributed by atoms with Gasteiger partial charge in [0, 0.05) is 24.7 Å². The van der Waals surface area contributed by atoms with Crippen molar-refractivity contribution in [3.8, 4) is 0 Å². The summed E-state index contributed by atoms with van der Waals surface area (Å²) in [7, 11) is 0. The highest BCUT2D eigenvalue weighted by Crippen LogP contribution is 2.31. The Bertz CT molecular complexity index is 666. The molecule has 2 aromatic rings. The summed E-state index contributed by atoms with van der Waals surface area (Å²) in [4.78, 5) is 18.9. The van der Waals surface area contributed by atoms with E-state index in [0.717, 1.165) is 37.0 Å². The molecule has 5 nitrogen and oxygen atoms in total. The summed E-state index contributed by atoms with van der Waals surface area (Å²) in [6.07, 6.45) is 10.7. The van der Waals surface area contributed by atoms with E-state index in [4.69, 9.17) is 0 Å². The van der Waals surface area contributed by atoms with Crippen LogP contribution in [0.2, 0.25) is 0 Å². The molecular weight excluding hydrogens is 264 g/mol. The molecule has 1 aliphatic carbocycles. The molecule has 0 N–H and O–H groups in total. The topological polar surface area (TPSA) is 51.0 Å². The van der Waals surface area contributed by atoms with Crippen molar-refractivity contribution in [1.29, 1.82) is 0 Å². The van der Waals surface area contributed by atoms with Gasteiger partial charge in [-0.15, -0.1) is 0 Å². The van der Waals surface area contributed by atoms with Crippen LogP contribution in [0.3, 0.4) is 0 Å². The van der Waals surface area contributed by atoms with Gasteiger partial charge in [-0.2, -0.15) is 5.10 Å². The lowest BCUT2D eigenvalue weighted by Gasteiger charge is -2.15. The van der Waals surface area contributed by atoms with E-state index in [-0.39, 0.29) is 5.91 Å². The van der Waals surface area contributed by atoms with Crippen LogP contribution < -0.4 is 0 Å². The zero-order valence-electron chi connectivity index (χ0n) is 12.2. The van der Waals surface area contributed by atoms with Gasteiger partial charge in [-0.25, -0.2) is 9.67 Å². The highest BCUT2D eigenvalue weighted by atomic mass is 16.2. The monoisotopic (exact) mass is 284 g/mol. The fourth-order valence-corrected chi connectivity index (χ4v) is 3.58. The molecule has 0 radical (unpaired) electrons. The molecule has 1 saturated heterocycles. The minimum atomic E-state index is 0.107. The minimum absolute atomic E-state index is 0.107. The van der Waals surface area contributed by atoms with E-state index in [1.807, 2.05) is 21.8 Å². The number of carbonyl (C=O) groups excluding carboxylic acids is 1. The molecule has 0 atom stereocenters. The average molecular weight is 284 g/mol. The number of likely N-dealkylation sites (tertiary alicyclic amines) is 1. The lowest BCUT2D eigenvalue weighted by molar-refractivity contribution is 0.0792. The molecule has 2 aromatic heterocycles. The largest absolute Gasteiger partial charge is 0.339 e. The Labute approximate surface area is 123 Å². The fourth-order valence-electron chi connectivity index (χ4n) is 3.58. The summed E-state index contributed by atoms with van der Waals surface area (Å²) < 4.78 is 2.05. The maximum atomic E-state index is 12.4. The van der Waals surface area contributed by atoms with Crippen LogP contribution in [0, 0.1) is 0 Å². The number of nitrogens with zero attached hydrogens (tertiary/aromatic N) is 4. The summed E-state index contributed by atoms with van der Waals surface area (Å²) >= 11 is 0. The van der Waals surface area contributed by atoms with Crippen LogP contribution in [0.15, 0.2) is 18.5 Å². The smallest absolute Gasteiger partial charge is 0.255 e. The van der Waals surface area contributed by atoms with Gasteiger partial charge >= 0.3 is 0 Å². The predicted molar refractivity (Wildman–Crippen MR) is 80.2 cm³/mol. The van der Waals surface area contributed by atoms with Crippen molar-refractivity contribution in [2.45, 2.75) is 44.6 Å². The number of aromatic nitrogens is 3. The highest BCUT2D eigenvalue weighted by molar-refractivity contribution is 5.96. The maximum Gasteiger partial charge on any atom is 0.255 e. The molecule has 2 aliphatic rings. The molecule has 0 bridgehead atoms. The van der Waals surface area contributed by atoms with Crippen LogP contribution >= 0.6 is 0 Å². The number of rotatable bonds is 2. The van der Waals surface area contributed by atoms with Crippen LogP contribution in [0.5, 0.6) is 0 Å². The van der Waals surface area contributed by atoms with Gasteiger partial charge in [0.2, 0.25) is 0 Å². The van der Waals surface area contributed by atoms with Crippen molar-refractivity contribution in [2.75, 3.05) is 13.1 Å². The van der Waals surface area contributed by atoms with E-state index >= 15 is 0 Å². The van der Waals surface area contributed by atoms with Gasteiger partial charge in [-0.05, 0) is 31.7 Å². The molecule has 0 unspecified atom stereocenters. The van der Waals surface area contributed by atoms with Gasteiger partial charge in [-0.3, -0.25) is 4.79 Å². The number of hydrogen-bond donors (Lipinski definition) is 0. The van der Waals surface area contributed by atoms with Gasteiger partial charge in [-0.1, -0.05) is 12.8 Å². The van der Waals surface area contributed by atoms with Crippen LogP contribution in [0.1, 0.15) is 54.9 Å².